The van der Waals surface area contributed by atoms with Crippen LogP contribution >= 0.6 is 0 Å². The number of carbonyl (C=O) groups excluding carboxylic acids is 2. The smallest absolute Gasteiger partial charge is 0.326 e. The lowest BCUT2D eigenvalue weighted by Gasteiger charge is -2.14. The van der Waals surface area contributed by atoms with Crippen LogP contribution in [0.5, 0.6) is 0 Å². The molecule has 0 bridgehead atoms. The van der Waals surface area contributed by atoms with Crippen molar-refractivity contribution in [3.63, 3.8) is 0 Å². The summed E-state index contributed by atoms with van der Waals surface area (Å²) in [7, 11) is 0. The zero-order valence-electron chi connectivity index (χ0n) is 11.4. The summed E-state index contributed by atoms with van der Waals surface area (Å²) in [6.45, 7) is 1.53. The van der Waals surface area contributed by atoms with E-state index in [9.17, 15) is 18.8 Å². The van der Waals surface area contributed by atoms with Crippen molar-refractivity contribution in [3.05, 3.63) is 29.6 Å². The second kappa shape index (κ2) is 7.22. The number of benzene rings is 1. The van der Waals surface area contributed by atoms with Crippen LogP contribution in [0.1, 0.15) is 18.4 Å². The first-order chi connectivity index (χ1) is 9.79. The predicted molar refractivity (Wildman–Crippen MR) is 73.1 cm³/mol. The zero-order valence-corrected chi connectivity index (χ0v) is 11.4. The van der Waals surface area contributed by atoms with Crippen LogP contribution in [-0.2, 0) is 9.59 Å². The van der Waals surface area contributed by atoms with E-state index in [1.165, 1.54) is 25.1 Å². The molecule has 7 nitrogen and oxygen atoms in total. The molecule has 0 aliphatic heterocycles. The maximum absolute atomic E-state index is 13.1. The maximum Gasteiger partial charge on any atom is 0.326 e. The van der Waals surface area contributed by atoms with Crippen molar-refractivity contribution < 1.29 is 23.9 Å². The molecule has 0 saturated heterocycles. The third kappa shape index (κ3) is 5.47. The van der Waals surface area contributed by atoms with Crippen molar-refractivity contribution in [2.45, 2.75) is 25.8 Å². The average molecular weight is 297 g/mol. The highest BCUT2D eigenvalue weighted by Gasteiger charge is 2.20. The van der Waals surface area contributed by atoms with E-state index < -0.39 is 29.8 Å². The van der Waals surface area contributed by atoms with E-state index in [0.29, 0.717) is 11.3 Å². The Morgan fingerprint density at radius 3 is 2.57 bits per heavy atom. The van der Waals surface area contributed by atoms with Gasteiger partial charge in [0.05, 0.1) is 0 Å². The van der Waals surface area contributed by atoms with Gasteiger partial charge in [-0.2, -0.15) is 0 Å². The van der Waals surface area contributed by atoms with E-state index in [-0.39, 0.29) is 12.8 Å². The molecule has 5 N–H and O–H groups in total. The Morgan fingerprint density at radius 1 is 1.38 bits per heavy atom. The molecule has 1 aromatic carbocycles. The number of anilines is 1. The van der Waals surface area contributed by atoms with Crippen LogP contribution in [0.2, 0.25) is 0 Å². The van der Waals surface area contributed by atoms with Crippen molar-refractivity contribution in [2.24, 2.45) is 5.73 Å². The molecule has 0 saturated carbocycles. The van der Waals surface area contributed by atoms with Crippen molar-refractivity contribution in [1.82, 2.24) is 5.32 Å². The highest BCUT2D eigenvalue weighted by atomic mass is 19.1. The number of rotatable bonds is 6. The zero-order chi connectivity index (χ0) is 16.0. The van der Waals surface area contributed by atoms with Crippen LogP contribution in [0.15, 0.2) is 18.2 Å². The Kier molecular flexibility index (Phi) is 5.65. The Bertz CT molecular complexity index is 562. The number of aryl methyl sites for hydroxylation is 1. The number of nitrogens with two attached hydrogens (primary N) is 1. The lowest BCUT2D eigenvalue weighted by Crippen LogP contribution is -2.43. The molecule has 1 aromatic rings. The van der Waals surface area contributed by atoms with Gasteiger partial charge in [-0.15, -0.1) is 0 Å². The van der Waals surface area contributed by atoms with E-state index in [1.54, 1.807) is 0 Å². The minimum absolute atomic E-state index is 0.111. The Labute approximate surface area is 120 Å². The number of carbonyl (C=O) groups is 3. The molecular formula is C13H16FN3O4. The Morgan fingerprint density at radius 2 is 2.05 bits per heavy atom. The van der Waals surface area contributed by atoms with Crippen molar-refractivity contribution in [1.29, 1.82) is 0 Å². The van der Waals surface area contributed by atoms with Gasteiger partial charge in [0.25, 0.3) is 0 Å². The fourth-order valence-corrected chi connectivity index (χ4v) is 1.59. The number of carboxylic acids is 1. The minimum Gasteiger partial charge on any atom is -0.480 e. The number of amides is 3. The normalized spacial score (nSPS) is 11.5. The highest BCUT2D eigenvalue weighted by Crippen LogP contribution is 2.13. The number of hydrogen-bond acceptors (Lipinski definition) is 3. The lowest BCUT2D eigenvalue weighted by atomic mass is 10.1. The van der Waals surface area contributed by atoms with E-state index in [4.69, 9.17) is 10.8 Å². The first kappa shape index (κ1) is 16.4. The second-order valence-electron chi connectivity index (χ2n) is 4.46. The number of urea groups is 1. The number of primary amides is 1. The van der Waals surface area contributed by atoms with Crippen LogP contribution in [0, 0.1) is 12.7 Å². The Hall–Kier alpha value is -2.64. The topological polar surface area (TPSA) is 122 Å². The van der Waals surface area contributed by atoms with E-state index in [2.05, 4.69) is 10.6 Å². The van der Waals surface area contributed by atoms with E-state index >= 15 is 0 Å². The van der Waals surface area contributed by atoms with Crippen LogP contribution in [-0.4, -0.2) is 29.1 Å². The molecule has 3 amide bonds. The van der Waals surface area contributed by atoms with Gasteiger partial charge in [-0.1, -0.05) is 0 Å². The molecule has 21 heavy (non-hydrogen) atoms. The fourth-order valence-electron chi connectivity index (χ4n) is 1.59. The van der Waals surface area contributed by atoms with Crippen LogP contribution in [0.25, 0.3) is 0 Å². The molecule has 0 fully saturated rings. The van der Waals surface area contributed by atoms with Gasteiger partial charge in [0.15, 0.2) is 0 Å². The summed E-state index contributed by atoms with van der Waals surface area (Å²) in [6.07, 6.45) is -0.270. The second-order valence-corrected chi connectivity index (χ2v) is 4.46. The third-order valence-electron chi connectivity index (χ3n) is 2.70. The van der Waals surface area contributed by atoms with Gasteiger partial charge in [-0.05, 0) is 37.1 Å². The number of halogens is 1. The average Bonchev–Trinajstić information content (AvgIpc) is 2.38. The molecule has 0 radical (unpaired) electrons. The van der Waals surface area contributed by atoms with Gasteiger partial charge in [-0.3, -0.25) is 4.79 Å². The summed E-state index contributed by atoms with van der Waals surface area (Å²) in [4.78, 5) is 33.3. The number of aliphatic carboxylic acids is 1. The lowest BCUT2D eigenvalue weighted by molar-refractivity contribution is -0.139. The molecular weight excluding hydrogens is 281 g/mol. The van der Waals surface area contributed by atoms with Gasteiger partial charge in [0, 0.05) is 12.1 Å². The van der Waals surface area contributed by atoms with Crippen LogP contribution in [0.4, 0.5) is 14.9 Å². The summed E-state index contributed by atoms with van der Waals surface area (Å²) in [5, 5.41) is 13.5. The maximum atomic E-state index is 13.1. The molecule has 0 unspecified atom stereocenters. The molecule has 114 valence electrons. The standard InChI is InChI=1S/C13H16FN3O4/c1-7-6-8(2-3-9(7)14)16-13(21)17-10(12(19)20)4-5-11(15)18/h2-3,6,10H,4-5H2,1H3,(H2,15,18)(H,19,20)(H2,16,17,21)/t10-/m1/s1. The molecule has 0 heterocycles. The van der Waals surface area contributed by atoms with Crippen LogP contribution in [0.3, 0.4) is 0 Å². The highest BCUT2D eigenvalue weighted by molar-refractivity contribution is 5.92. The van der Waals surface area contributed by atoms with Crippen molar-refractivity contribution >= 4 is 23.6 Å². The van der Waals surface area contributed by atoms with E-state index in [0.717, 1.165) is 0 Å². The molecule has 0 aliphatic rings. The number of nitrogens with one attached hydrogen (secondary N) is 2. The molecule has 0 aromatic heterocycles. The minimum atomic E-state index is -1.28. The Balaban J connectivity index is 2.62. The summed E-state index contributed by atoms with van der Waals surface area (Å²) in [6, 6.07) is 1.94. The molecule has 1 atom stereocenters. The van der Waals surface area contributed by atoms with E-state index in [1.807, 2.05) is 0 Å². The summed E-state index contributed by atoms with van der Waals surface area (Å²) in [5.41, 5.74) is 5.60. The van der Waals surface area contributed by atoms with Crippen molar-refractivity contribution in [3.8, 4) is 0 Å². The third-order valence-corrected chi connectivity index (χ3v) is 2.70. The van der Waals surface area contributed by atoms with Crippen molar-refractivity contribution in [2.75, 3.05) is 5.32 Å². The first-order valence-corrected chi connectivity index (χ1v) is 6.14. The number of carboxylic acid groups (broad SMARTS) is 1. The first-order valence-electron chi connectivity index (χ1n) is 6.14. The monoisotopic (exact) mass is 297 g/mol. The summed E-state index contributed by atoms with van der Waals surface area (Å²) in [5.74, 6) is -2.34. The molecule has 1 rings (SSSR count). The van der Waals surface area contributed by atoms with Gasteiger partial charge < -0.3 is 21.5 Å². The summed E-state index contributed by atoms with van der Waals surface area (Å²) >= 11 is 0. The molecule has 8 heteroatoms. The predicted octanol–water partition coefficient (Wildman–Crippen LogP) is 0.974. The molecule has 0 aliphatic carbocycles. The largest absolute Gasteiger partial charge is 0.480 e. The van der Waals surface area contributed by atoms with Crippen LogP contribution < -0.4 is 16.4 Å². The fraction of sp³-hybridized carbons (Fsp3) is 0.308. The number of hydrogen-bond donors (Lipinski definition) is 4. The SMILES string of the molecule is Cc1cc(NC(=O)N[C@H](CCC(N)=O)C(=O)O)ccc1F. The van der Waals surface area contributed by atoms with Gasteiger partial charge in [-0.25, -0.2) is 14.0 Å². The van der Waals surface area contributed by atoms with Gasteiger partial charge in [0.1, 0.15) is 11.9 Å². The quantitative estimate of drug-likeness (QED) is 0.625. The van der Waals surface area contributed by atoms with Gasteiger partial charge in [0.2, 0.25) is 5.91 Å². The summed E-state index contributed by atoms with van der Waals surface area (Å²) < 4.78 is 13.1. The molecule has 0 spiro atoms. The van der Waals surface area contributed by atoms with Gasteiger partial charge >= 0.3 is 12.0 Å².